The highest BCUT2D eigenvalue weighted by Gasteiger charge is 2.32. The summed E-state index contributed by atoms with van der Waals surface area (Å²) in [5, 5.41) is 21.0. The molecule has 2 aliphatic rings. The Bertz CT molecular complexity index is 2540. The number of nitrogens with one attached hydrogen (secondary N) is 8. The van der Waals surface area contributed by atoms with Crippen LogP contribution in [0.2, 0.25) is 0 Å². The summed E-state index contributed by atoms with van der Waals surface area (Å²) in [5.74, 6) is -3.70. The molecule has 2 heterocycles. The van der Waals surface area contributed by atoms with Crippen LogP contribution < -0.4 is 61.5 Å². The van der Waals surface area contributed by atoms with E-state index in [1.807, 2.05) is 6.92 Å². The molecular formula is C61H96N8O21. The van der Waals surface area contributed by atoms with Crippen molar-refractivity contribution in [1.29, 1.82) is 0 Å². The van der Waals surface area contributed by atoms with Crippen LogP contribution in [0, 0.1) is 0 Å². The normalized spacial score (nSPS) is 18.1. The number of hydrogen-bond acceptors (Lipinski definition) is 21. The Labute approximate surface area is 527 Å². The molecule has 0 fully saturated rings. The molecule has 2 aromatic carbocycles. The number of fused-ring (bicyclic) bond motifs is 2. The van der Waals surface area contributed by atoms with E-state index in [0.717, 1.165) is 0 Å². The molecule has 4 rings (SSSR count). The summed E-state index contributed by atoms with van der Waals surface area (Å²) in [6, 6.07) is 1.29. The fourth-order valence-electron chi connectivity index (χ4n) is 8.19. The molecule has 90 heavy (non-hydrogen) atoms. The van der Waals surface area contributed by atoms with Gasteiger partial charge < -0.3 is 104 Å². The Morgan fingerprint density at radius 1 is 0.378 bits per heavy atom. The van der Waals surface area contributed by atoms with E-state index in [0.29, 0.717) is 126 Å². The molecule has 29 nitrogen and oxygen atoms in total. The average molecular weight is 1280 g/mol. The number of amides is 8. The first kappa shape index (κ1) is 75.3. The first-order valence-electron chi connectivity index (χ1n) is 30.6. The zero-order chi connectivity index (χ0) is 65.7. The maximum Gasteiger partial charge on any atom is 0.408 e. The molecule has 0 saturated heterocycles. The zero-order valence-corrected chi connectivity index (χ0v) is 53.5. The van der Waals surface area contributed by atoms with Gasteiger partial charge in [-0.2, -0.15) is 0 Å². The van der Waals surface area contributed by atoms with Gasteiger partial charge in [-0.05, 0) is 97.2 Å². The van der Waals surface area contributed by atoms with Gasteiger partial charge in [0.2, 0.25) is 41.4 Å². The van der Waals surface area contributed by atoms with Crippen LogP contribution in [0.15, 0.2) is 36.4 Å². The van der Waals surface area contributed by atoms with Crippen molar-refractivity contribution in [3.05, 3.63) is 47.5 Å². The number of carbonyl (C=O) groups is 8. The Morgan fingerprint density at radius 3 is 0.978 bits per heavy atom. The first-order valence-corrected chi connectivity index (χ1v) is 30.6. The number of hydrogen-bond donors (Lipinski definition) is 8. The van der Waals surface area contributed by atoms with Crippen molar-refractivity contribution in [2.75, 3.05) is 139 Å². The minimum atomic E-state index is -1.36. The Kier molecular flexibility index (Phi) is 35.2. The van der Waals surface area contributed by atoms with Gasteiger partial charge in [0.1, 0.15) is 74.3 Å². The van der Waals surface area contributed by atoms with Crippen molar-refractivity contribution in [3.63, 3.8) is 0 Å². The Morgan fingerprint density at radius 2 is 0.656 bits per heavy atom. The van der Waals surface area contributed by atoms with E-state index in [2.05, 4.69) is 42.5 Å². The lowest BCUT2D eigenvalue weighted by Crippen LogP contribution is -2.59. The fourth-order valence-corrected chi connectivity index (χ4v) is 8.19. The minimum absolute atomic E-state index is 0.103. The standard InChI is InChI=1S/C61H96N8O21/c1-10-15-62-53(70)40(2)65-58(75)47(36-45-11-13-49-51(38-45)88-34-30-84-26-22-80-18-16-78-20-24-82-28-32-86-49)68-56(73)43(5)64-54(71)41(3)63-55(72)42(4)66-59(76)48(69-57(74)44(6)67-60(77)90-61(7,8)9)37-46-12-14-50-52(39-46)89-35-31-85-27-23-81-19-17-79-21-25-83-29-33-87-50/h11-14,38-44,47-48H,10,15-37H2,1-9H3,(H,62,70)(H,63,72)(H,64,71)(H,65,75)(H,66,76)(H,67,77)(H,68,73)(H,69,74)/t40-,41-,42-,43-,44-,47-,48-/m0/s1. The van der Waals surface area contributed by atoms with E-state index in [9.17, 15) is 38.4 Å². The van der Waals surface area contributed by atoms with Crippen LogP contribution in [-0.4, -0.2) is 234 Å². The lowest BCUT2D eigenvalue weighted by atomic mass is 10.0. The third-order valence-electron chi connectivity index (χ3n) is 13.0. The summed E-state index contributed by atoms with van der Waals surface area (Å²) in [4.78, 5) is 109. The number of rotatable bonds is 20. The average Bonchev–Trinajstić information content (AvgIpc) is 1.20. The van der Waals surface area contributed by atoms with E-state index < -0.39 is 95.3 Å². The van der Waals surface area contributed by atoms with E-state index in [1.54, 1.807) is 57.2 Å². The molecule has 8 N–H and O–H groups in total. The zero-order valence-electron chi connectivity index (χ0n) is 53.5. The molecule has 0 bridgehead atoms. The van der Waals surface area contributed by atoms with Gasteiger partial charge >= 0.3 is 6.09 Å². The van der Waals surface area contributed by atoms with E-state index in [1.165, 1.54) is 34.6 Å². The van der Waals surface area contributed by atoms with Gasteiger partial charge in [0.05, 0.1) is 106 Å². The molecule has 0 aliphatic carbocycles. The van der Waals surface area contributed by atoms with Crippen LogP contribution >= 0.6 is 0 Å². The summed E-state index contributed by atoms with van der Waals surface area (Å²) < 4.78 is 74.1. The molecule has 29 heteroatoms. The highest BCUT2D eigenvalue weighted by atomic mass is 16.6. The van der Waals surface area contributed by atoms with Gasteiger partial charge in [0.15, 0.2) is 23.0 Å². The number of alkyl carbamates (subject to hydrolysis) is 1. The van der Waals surface area contributed by atoms with E-state index in [-0.39, 0.29) is 65.7 Å². The fraction of sp³-hybridized carbons (Fsp3) is 0.672. The monoisotopic (exact) mass is 1280 g/mol. The number of ether oxygens (including phenoxy) is 13. The lowest BCUT2D eigenvalue weighted by molar-refractivity contribution is -0.135. The Balaban J connectivity index is 1.47. The van der Waals surface area contributed by atoms with Crippen molar-refractivity contribution < 1.29 is 99.9 Å². The number of carbonyl (C=O) groups excluding carboxylic acids is 8. The molecule has 0 saturated carbocycles. The van der Waals surface area contributed by atoms with Gasteiger partial charge in [-0.15, -0.1) is 0 Å². The molecule has 0 unspecified atom stereocenters. The van der Waals surface area contributed by atoms with Gasteiger partial charge in [0, 0.05) is 19.4 Å². The maximum absolute atomic E-state index is 14.2. The molecule has 2 aliphatic heterocycles. The highest BCUT2D eigenvalue weighted by Crippen LogP contribution is 2.31. The molecular weight excluding hydrogens is 1180 g/mol. The predicted octanol–water partition coefficient (Wildman–Crippen LogP) is 0.575. The lowest BCUT2D eigenvalue weighted by Gasteiger charge is -2.25. The predicted molar refractivity (Wildman–Crippen MR) is 325 cm³/mol. The summed E-state index contributed by atoms with van der Waals surface area (Å²) in [5.41, 5.74) is 0.164. The molecule has 506 valence electrons. The van der Waals surface area contributed by atoms with Crippen molar-refractivity contribution in [1.82, 2.24) is 42.5 Å². The maximum atomic E-state index is 14.2. The van der Waals surface area contributed by atoms with Crippen LogP contribution in [0.25, 0.3) is 0 Å². The van der Waals surface area contributed by atoms with Crippen LogP contribution in [0.5, 0.6) is 23.0 Å². The van der Waals surface area contributed by atoms with Gasteiger partial charge in [-0.3, -0.25) is 33.6 Å². The smallest absolute Gasteiger partial charge is 0.408 e. The van der Waals surface area contributed by atoms with Crippen molar-refractivity contribution >= 4 is 47.4 Å². The van der Waals surface area contributed by atoms with Gasteiger partial charge in [-0.1, -0.05) is 19.1 Å². The van der Waals surface area contributed by atoms with Crippen LogP contribution in [-0.2, 0) is 89.0 Å². The third-order valence-corrected chi connectivity index (χ3v) is 13.0. The molecule has 0 radical (unpaired) electrons. The van der Waals surface area contributed by atoms with E-state index >= 15 is 0 Å². The third kappa shape index (κ3) is 30.6. The first-order chi connectivity index (χ1) is 43.1. The van der Waals surface area contributed by atoms with E-state index in [4.69, 9.17) is 61.6 Å². The highest BCUT2D eigenvalue weighted by molar-refractivity contribution is 5.97. The van der Waals surface area contributed by atoms with Crippen molar-refractivity contribution in [2.24, 2.45) is 0 Å². The van der Waals surface area contributed by atoms with Crippen LogP contribution in [0.3, 0.4) is 0 Å². The van der Waals surface area contributed by atoms with Crippen LogP contribution in [0.4, 0.5) is 4.79 Å². The largest absolute Gasteiger partial charge is 0.487 e. The van der Waals surface area contributed by atoms with Crippen LogP contribution in [0.1, 0.15) is 79.9 Å². The summed E-state index contributed by atoms with van der Waals surface area (Å²) >= 11 is 0. The minimum Gasteiger partial charge on any atom is -0.487 e. The molecule has 0 spiro atoms. The second-order valence-corrected chi connectivity index (χ2v) is 22.0. The summed E-state index contributed by atoms with van der Waals surface area (Å²) in [7, 11) is 0. The van der Waals surface area contributed by atoms with Gasteiger partial charge in [-0.25, -0.2) is 4.79 Å². The Hall–Kier alpha value is -7.12. The second kappa shape index (κ2) is 42.0. The second-order valence-electron chi connectivity index (χ2n) is 22.0. The summed E-state index contributed by atoms with van der Waals surface area (Å²) in [6.07, 6.45) is -0.460. The van der Waals surface area contributed by atoms with Gasteiger partial charge in [0.25, 0.3) is 0 Å². The molecule has 0 aromatic heterocycles. The SMILES string of the molecule is CCCNC(=O)[C@H](C)NC(=O)[C@H](Cc1ccc2c(c1)OCCOCCOCCOCCOCCO2)NC(=O)[C@H](C)NC(=O)[C@H](C)NC(=O)[C@H](C)NC(=O)[C@H](Cc1ccc2c(c1)OCCOCCOCCOCCOCCO2)NC(=O)[C@H](C)NC(=O)OC(C)(C)C. The van der Waals surface area contributed by atoms with Crippen molar-refractivity contribution in [2.45, 2.75) is 129 Å². The summed E-state index contributed by atoms with van der Waals surface area (Å²) in [6.45, 7) is 20.3. The molecule has 8 amide bonds. The van der Waals surface area contributed by atoms with Crippen molar-refractivity contribution in [3.8, 4) is 23.0 Å². The number of benzene rings is 2. The molecule has 7 atom stereocenters. The topological polar surface area (TPSA) is 353 Å². The molecule has 2 aromatic rings. The quantitative estimate of drug-likeness (QED) is 0.0898.